The molecule has 0 rings (SSSR count). The Bertz CT molecular complexity index is 203. The average Bonchev–Trinajstić information content (AvgIpc) is 2.01. The molecular weight excluding hydrogens is 174 g/mol. The number of hydrazone groups is 1. The van der Waals surface area contributed by atoms with Gasteiger partial charge in [-0.15, -0.1) is 0 Å². The molecule has 0 aromatic heterocycles. The first-order chi connectivity index (χ1) is 6.13. The first-order valence-corrected chi connectivity index (χ1v) is 3.86. The van der Waals surface area contributed by atoms with Gasteiger partial charge in [0, 0.05) is 17.6 Å². The van der Waals surface area contributed by atoms with Crippen LogP contribution in [0.15, 0.2) is 5.10 Å². The number of hydrogen-bond acceptors (Lipinski definition) is 4. The lowest BCUT2D eigenvalue weighted by molar-refractivity contribution is -0.480. The summed E-state index contributed by atoms with van der Waals surface area (Å²) in [6, 6.07) is 0. The van der Waals surface area contributed by atoms with Gasteiger partial charge in [0.2, 0.25) is 12.5 Å². The second-order valence-electron chi connectivity index (χ2n) is 2.39. The molecule has 0 aliphatic heterocycles. The quantitative estimate of drug-likeness (QED) is 0.177. The van der Waals surface area contributed by atoms with E-state index in [-0.39, 0.29) is 17.4 Å². The molecule has 0 heterocycles. The van der Waals surface area contributed by atoms with Crippen molar-refractivity contribution in [2.24, 2.45) is 10.8 Å². The number of nitrogens with one attached hydrogen (secondary N) is 2. The van der Waals surface area contributed by atoms with E-state index in [1.54, 1.807) is 6.21 Å². The lowest BCUT2D eigenvalue weighted by atomic mass is 10.2. The van der Waals surface area contributed by atoms with Crippen molar-refractivity contribution >= 4 is 12.2 Å². The normalized spacial score (nSPS) is 10.2. The van der Waals surface area contributed by atoms with Crippen molar-refractivity contribution in [3.63, 3.8) is 0 Å². The molecule has 0 spiro atoms. The van der Waals surface area contributed by atoms with Crippen LogP contribution in [0.5, 0.6) is 0 Å². The standard InChI is InChI=1S/C6H13N5O2/c7-6(8)10-9-4-2-1-3-5-11(12)13/h4H,1-3,5H2,(H4,7,8,10). The van der Waals surface area contributed by atoms with Crippen molar-refractivity contribution in [1.29, 1.82) is 5.41 Å². The van der Waals surface area contributed by atoms with Crippen LogP contribution in [0.25, 0.3) is 0 Å². The first-order valence-electron chi connectivity index (χ1n) is 3.86. The average molecular weight is 187 g/mol. The highest BCUT2D eigenvalue weighted by Crippen LogP contribution is 1.92. The van der Waals surface area contributed by atoms with E-state index in [2.05, 4.69) is 10.5 Å². The number of nitrogens with two attached hydrogens (primary N) is 1. The molecule has 0 bridgehead atoms. The molecule has 0 radical (unpaired) electrons. The van der Waals surface area contributed by atoms with Crippen molar-refractivity contribution in [3.8, 4) is 0 Å². The van der Waals surface area contributed by atoms with Crippen LogP contribution in [0.3, 0.4) is 0 Å². The van der Waals surface area contributed by atoms with Crippen LogP contribution in [0.2, 0.25) is 0 Å². The topological polar surface area (TPSA) is 117 Å². The monoisotopic (exact) mass is 187 g/mol. The Kier molecular flexibility index (Phi) is 6.12. The van der Waals surface area contributed by atoms with Crippen LogP contribution in [0.4, 0.5) is 0 Å². The zero-order valence-electron chi connectivity index (χ0n) is 7.19. The second-order valence-corrected chi connectivity index (χ2v) is 2.39. The Labute approximate surface area is 75.7 Å². The minimum Gasteiger partial charge on any atom is -0.369 e. The molecule has 0 atom stereocenters. The van der Waals surface area contributed by atoms with Crippen LogP contribution in [-0.4, -0.2) is 23.6 Å². The number of guanidine groups is 1. The van der Waals surface area contributed by atoms with Crippen LogP contribution in [-0.2, 0) is 0 Å². The molecular formula is C6H13N5O2. The first kappa shape index (κ1) is 11.3. The van der Waals surface area contributed by atoms with Crippen molar-refractivity contribution < 1.29 is 4.92 Å². The highest BCUT2D eigenvalue weighted by molar-refractivity contribution is 5.75. The van der Waals surface area contributed by atoms with Gasteiger partial charge in [0.1, 0.15) is 0 Å². The molecule has 7 nitrogen and oxygen atoms in total. The van der Waals surface area contributed by atoms with E-state index < -0.39 is 0 Å². The number of nitrogens with zero attached hydrogens (tertiary/aromatic N) is 2. The van der Waals surface area contributed by atoms with Gasteiger partial charge in [-0.3, -0.25) is 15.5 Å². The third-order valence-corrected chi connectivity index (χ3v) is 1.20. The highest BCUT2D eigenvalue weighted by Gasteiger charge is 1.94. The van der Waals surface area contributed by atoms with Gasteiger partial charge in [-0.2, -0.15) is 5.10 Å². The molecule has 74 valence electrons. The SMILES string of the molecule is N=C(N)NN=CCCCC[N+](=O)[O-]. The summed E-state index contributed by atoms with van der Waals surface area (Å²) in [7, 11) is 0. The lowest BCUT2D eigenvalue weighted by Gasteiger charge is -1.93. The molecule has 0 saturated heterocycles. The van der Waals surface area contributed by atoms with E-state index in [9.17, 15) is 10.1 Å². The Hall–Kier alpha value is -1.66. The number of hydrogen-bond donors (Lipinski definition) is 3. The molecule has 4 N–H and O–H groups in total. The minimum atomic E-state index is -0.342. The summed E-state index contributed by atoms with van der Waals surface area (Å²) in [6.07, 6.45) is 3.44. The smallest absolute Gasteiger partial charge is 0.206 e. The van der Waals surface area contributed by atoms with Crippen molar-refractivity contribution in [2.75, 3.05) is 6.54 Å². The van der Waals surface area contributed by atoms with E-state index in [4.69, 9.17) is 11.1 Å². The number of unbranched alkanes of at least 4 members (excludes halogenated alkanes) is 2. The van der Waals surface area contributed by atoms with Gasteiger partial charge >= 0.3 is 0 Å². The van der Waals surface area contributed by atoms with E-state index >= 15 is 0 Å². The summed E-state index contributed by atoms with van der Waals surface area (Å²) in [5, 5.41) is 20.2. The fourth-order valence-electron chi connectivity index (χ4n) is 0.656. The van der Waals surface area contributed by atoms with Crippen LogP contribution in [0, 0.1) is 15.5 Å². The summed E-state index contributed by atoms with van der Waals surface area (Å²) in [4.78, 5) is 9.55. The number of nitro groups is 1. The van der Waals surface area contributed by atoms with Gasteiger partial charge in [-0.25, -0.2) is 5.43 Å². The van der Waals surface area contributed by atoms with Gasteiger partial charge < -0.3 is 5.73 Å². The van der Waals surface area contributed by atoms with Crippen LogP contribution in [0.1, 0.15) is 19.3 Å². The Morgan fingerprint density at radius 2 is 2.38 bits per heavy atom. The Morgan fingerprint density at radius 1 is 1.69 bits per heavy atom. The minimum absolute atomic E-state index is 0.00598. The van der Waals surface area contributed by atoms with E-state index in [0.717, 1.165) is 0 Å². The molecule has 0 aliphatic rings. The molecule has 0 amide bonds. The van der Waals surface area contributed by atoms with Gasteiger partial charge in [0.25, 0.3) is 0 Å². The predicted octanol–water partition coefficient (Wildman–Crippen LogP) is -0.0977. The van der Waals surface area contributed by atoms with E-state index in [0.29, 0.717) is 19.3 Å². The molecule has 0 aromatic carbocycles. The molecule has 0 unspecified atom stereocenters. The van der Waals surface area contributed by atoms with Crippen LogP contribution >= 0.6 is 0 Å². The molecule has 0 aliphatic carbocycles. The number of rotatable bonds is 6. The summed E-state index contributed by atoms with van der Waals surface area (Å²) in [5.74, 6) is -0.221. The fourth-order valence-corrected chi connectivity index (χ4v) is 0.656. The van der Waals surface area contributed by atoms with Gasteiger partial charge in [0.05, 0.1) is 0 Å². The molecule has 7 heteroatoms. The Morgan fingerprint density at radius 3 is 2.92 bits per heavy atom. The zero-order chi connectivity index (χ0) is 10.1. The van der Waals surface area contributed by atoms with E-state index in [1.807, 2.05) is 0 Å². The molecule has 0 saturated carbocycles. The van der Waals surface area contributed by atoms with Crippen molar-refractivity contribution in [3.05, 3.63) is 10.1 Å². The highest BCUT2D eigenvalue weighted by atomic mass is 16.6. The maximum absolute atomic E-state index is 9.89. The lowest BCUT2D eigenvalue weighted by Crippen LogP contribution is -2.25. The maximum Gasteiger partial charge on any atom is 0.206 e. The summed E-state index contributed by atoms with van der Waals surface area (Å²) >= 11 is 0. The van der Waals surface area contributed by atoms with Gasteiger partial charge in [-0.05, 0) is 12.8 Å². The summed E-state index contributed by atoms with van der Waals surface area (Å²) in [6.45, 7) is -0.00598. The third kappa shape index (κ3) is 10.3. The third-order valence-electron chi connectivity index (χ3n) is 1.20. The fraction of sp³-hybridized carbons (Fsp3) is 0.667. The molecule has 0 aromatic rings. The second kappa shape index (κ2) is 7.01. The van der Waals surface area contributed by atoms with Crippen molar-refractivity contribution in [1.82, 2.24) is 5.43 Å². The summed E-state index contributed by atoms with van der Waals surface area (Å²) < 4.78 is 0. The zero-order valence-corrected chi connectivity index (χ0v) is 7.19. The van der Waals surface area contributed by atoms with Crippen molar-refractivity contribution in [2.45, 2.75) is 19.3 Å². The van der Waals surface area contributed by atoms with Crippen LogP contribution < -0.4 is 11.2 Å². The van der Waals surface area contributed by atoms with E-state index in [1.165, 1.54) is 0 Å². The largest absolute Gasteiger partial charge is 0.369 e. The molecule has 0 fully saturated rings. The summed E-state index contributed by atoms with van der Waals surface area (Å²) in [5.41, 5.74) is 7.18. The van der Waals surface area contributed by atoms with Gasteiger partial charge in [-0.1, -0.05) is 0 Å². The van der Waals surface area contributed by atoms with Gasteiger partial charge in [0.15, 0.2) is 0 Å². The Balaban J connectivity index is 3.20. The predicted molar refractivity (Wildman–Crippen MR) is 49.3 cm³/mol. The maximum atomic E-state index is 9.89. The molecule has 13 heavy (non-hydrogen) atoms.